The molecule has 6 aromatic rings. The summed E-state index contributed by atoms with van der Waals surface area (Å²) in [5, 5.41) is 12.7. The van der Waals surface area contributed by atoms with Crippen LogP contribution < -0.4 is 5.46 Å². The van der Waals surface area contributed by atoms with Crippen LogP contribution in [-0.2, 0) is 37.4 Å². The number of carbonyl (C=O) groups is 2. The van der Waals surface area contributed by atoms with Gasteiger partial charge in [0.15, 0.2) is 19.9 Å². The summed E-state index contributed by atoms with van der Waals surface area (Å²) in [6, 6.07) is 16.4. The molecule has 0 spiro atoms. The third-order valence-corrected chi connectivity index (χ3v) is 27.5. The Labute approximate surface area is 551 Å². The predicted octanol–water partition coefficient (Wildman–Crippen LogP) is 16.5. The minimum atomic E-state index is -1.98. The Hall–Kier alpha value is -4.73. The maximum Gasteiger partial charge on any atom is 0.494 e. The number of aromatic nitrogens is 6. The lowest BCUT2D eigenvalue weighted by atomic mass is 9.78. The zero-order valence-corrected chi connectivity index (χ0v) is 59.7. The highest BCUT2D eigenvalue weighted by molar-refractivity contribution is 7.99. The largest absolute Gasteiger partial charge is 0.494 e. The average molecular weight is 1310 g/mol. The molecule has 472 valence electrons. The second-order valence-corrected chi connectivity index (χ2v) is 37.8. The van der Waals surface area contributed by atoms with Crippen LogP contribution in [0.3, 0.4) is 0 Å². The number of hydrogen-bond acceptors (Lipinski definition) is 16. The van der Waals surface area contributed by atoms with Gasteiger partial charge < -0.3 is 18.8 Å². The lowest BCUT2D eigenvalue weighted by Crippen LogP contribution is -2.41. The molecule has 2 aliphatic carbocycles. The number of thioether (sulfide) groups is 2. The van der Waals surface area contributed by atoms with Crippen molar-refractivity contribution in [3.63, 3.8) is 0 Å². The second kappa shape index (κ2) is 28.2. The lowest BCUT2D eigenvalue weighted by Gasteiger charge is -2.37. The smallest absolute Gasteiger partial charge is 0.416 e. The number of aliphatic hydroxyl groups is 1. The van der Waals surface area contributed by atoms with Crippen LogP contribution in [0.5, 0.6) is 0 Å². The minimum Gasteiger partial charge on any atom is -0.416 e. The van der Waals surface area contributed by atoms with Crippen molar-refractivity contribution in [3.8, 4) is 11.3 Å². The highest BCUT2D eigenvalue weighted by atomic mass is 35.5. The molecule has 12 nitrogen and oxygen atoms in total. The third kappa shape index (κ3) is 16.7. The van der Waals surface area contributed by atoms with Crippen molar-refractivity contribution in [2.45, 2.75) is 181 Å². The summed E-state index contributed by atoms with van der Waals surface area (Å²) in [7, 11) is -2.38. The Morgan fingerprint density at radius 1 is 0.652 bits per heavy atom. The maximum absolute atomic E-state index is 13.4. The molecule has 0 radical (unpaired) electrons. The number of carbonyl (C=O) groups excluding carboxylic acids is 2. The fraction of sp³-hybridized carbons (Fsp3) is 0.486. The molecule has 0 saturated carbocycles. The Balaban J connectivity index is 0.000000170. The van der Waals surface area contributed by atoms with Crippen molar-refractivity contribution in [1.82, 2.24) is 29.9 Å². The third-order valence-electron chi connectivity index (χ3n) is 18.0. The first kappa shape index (κ1) is 68.6. The van der Waals surface area contributed by atoms with Gasteiger partial charge in [0.1, 0.15) is 17.8 Å². The summed E-state index contributed by atoms with van der Waals surface area (Å²) in [6.07, 6.45) is 20.3. The van der Waals surface area contributed by atoms with Gasteiger partial charge >= 0.3 is 7.12 Å². The number of nitrogens with zero attached hydrogens (tertiary/aromatic N) is 6. The van der Waals surface area contributed by atoms with Gasteiger partial charge in [0.05, 0.1) is 54.7 Å². The number of thiazole rings is 2. The number of hydrogen-bond donors (Lipinski definition) is 1. The SMILES string of the molecule is CC(C)(C)c1ncc(C(=O)CC(CO)c2ccc(-c3ncnc4c3CC(C3=CCSCC3)=C4)cc2)s1.CC(C)(C)c1ncc(C(=O)CC(CO[Si](C)(C)C(C)(C)C)c2ccc(B3OC(C)(C)C(C)(C)O3)cc2)s1.Clc1ncnc2c1CC(C1=CCSCC1)=C2. The summed E-state index contributed by atoms with van der Waals surface area (Å²) < 4.78 is 19.1. The molecule has 1 saturated heterocycles. The highest BCUT2D eigenvalue weighted by Crippen LogP contribution is 2.42. The minimum absolute atomic E-state index is 0.0220. The normalized spacial score (nSPS) is 17.8. The van der Waals surface area contributed by atoms with E-state index in [2.05, 4.69) is 182 Å². The van der Waals surface area contributed by atoms with Crippen molar-refractivity contribution < 1.29 is 28.4 Å². The molecule has 1 fully saturated rings. The molecule has 0 bridgehead atoms. The highest BCUT2D eigenvalue weighted by Gasteiger charge is 2.52. The van der Waals surface area contributed by atoms with Crippen molar-refractivity contribution in [2.75, 3.05) is 36.2 Å². The first-order valence-electron chi connectivity index (χ1n) is 31.0. The van der Waals surface area contributed by atoms with E-state index in [9.17, 15) is 14.7 Å². The molecule has 11 rings (SSSR count). The number of Topliss-reactive ketones (excluding diaryl/α,β-unsaturated/α-hetero) is 2. The number of fused-ring (bicyclic) bond motifs is 2. The van der Waals surface area contributed by atoms with E-state index < -0.39 is 15.4 Å². The fourth-order valence-corrected chi connectivity index (χ4v) is 15.4. The van der Waals surface area contributed by atoms with Crippen LogP contribution in [0.15, 0.2) is 108 Å². The average Bonchev–Trinajstić information content (AvgIpc) is 2.10. The zero-order chi connectivity index (χ0) is 64.3. The molecule has 7 heterocycles. The van der Waals surface area contributed by atoms with Gasteiger partial charge in [-0.05, 0) is 121 Å². The number of rotatable bonds is 16. The van der Waals surface area contributed by atoms with Gasteiger partial charge in [-0.3, -0.25) is 9.59 Å². The number of aliphatic hydroxyl groups excluding tert-OH is 1. The van der Waals surface area contributed by atoms with Crippen LogP contribution in [-0.4, -0.2) is 109 Å². The van der Waals surface area contributed by atoms with Crippen molar-refractivity contribution in [1.29, 1.82) is 0 Å². The predicted molar refractivity (Wildman–Crippen MR) is 375 cm³/mol. The van der Waals surface area contributed by atoms with Crippen molar-refractivity contribution in [3.05, 3.63) is 167 Å². The van der Waals surface area contributed by atoms with Gasteiger partial charge in [-0.15, -0.1) is 22.7 Å². The van der Waals surface area contributed by atoms with Gasteiger partial charge in [0.2, 0.25) is 0 Å². The van der Waals surface area contributed by atoms with E-state index in [1.54, 1.807) is 18.7 Å². The van der Waals surface area contributed by atoms with E-state index in [1.165, 1.54) is 68.4 Å². The van der Waals surface area contributed by atoms with E-state index in [-0.39, 0.29) is 63.5 Å². The molecule has 19 heteroatoms. The molecule has 2 unspecified atom stereocenters. The summed E-state index contributed by atoms with van der Waals surface area (Å²) >= 11 is 13.0. The first-order valence-corrected chi connectivity index (χ1v) is 38.2. The summed E-state index contributed by atoms with van der Waals surface area (Å²) in [4.78, 5) is 54.1. The standard InChI is InChI=1S/C29H46BNO4SSi.C29H31N3O2S2.C12H11ClN2S/c1-26(2,3)25-31-18-24(36-25)23(32)17-21(19-33-37(11,12)27(4,5)6)20-13-15-22(16-14-20)30-34-28(7,8)29(9,10)35-30;1-29(2,3)28-30-15-26(36-28)25(34)14-22(16-33)18-4-6-20(7-5-18)27-23-12-21(13-24(23)31-17-32-27)19-8-10-35-11-9-19;13-12-10-5-9(6-11(10)14-7-15-12)8-1-3-16-4-2-8/h13-16,18,21H,17,19H2,1-12H3;4-8,13,15,17,22,33H,9-12,14,16H2,1-3H3;1,6-7H,2-5H2. The Morgan fingerprint density at radius 3 is 1.58 bits per heavy atom. The van der Waals surface area contributed by atoms with E-state index in [1.807, 2.05) is 47.8 Å². The van der Waals surface area contributed by atoms with E-state index in [4.69, 9.17) is 25.3 Å². The van der Waals surface area contributed by atoms with Crippen LogP contribution in [0, 0.1) is 0 Å². The Kier molecular flexibility index (Phi) is 21.8. The Morgan fingerprint density at radius 2 is 1.12 bits per heavy atom. The second-order valence-electron chi connectivity index (χ2n) is 28.3. The molecule has 2 aromatic carbocycles. The van der Waals surface area contributed by atoms with Gasteiger partial charge in [-0.2, -0.15) is 23.5 Å². The van der Waals surface area contributed by atoms with Crippen LogP contribution in [0.4, 0.5) is 0 Å². The molecule has 5 aliphatic rings. The molecule has 4 aromatic heterocycles. The maximum atomic E-state index is 13.4. The molecular formula is C70H88BClN6O6S4Si. The number of ketones is 2. The number of benzene rings is 2. The summed E-state index contributed by atoms with van der Waals surface area (Å²) in [5.41, 5.74) is 14.0. The topological polar surface area (TPSA) is 159 Å². The molecule has 89 heavy (non-hydrogen) atoms. The summed E-state index contributed by atoms with van der Waals surface area (Å²) in [6.45, 7) is 32.6. The molecule has 2 atom stereocenters. The van der Waals surface area contributed by atoms with Gasteiger partial charge in [-0.25, -0.2) is 29.9 Å². The van der Waals surface area contributed by atoms with Crippen LogP contribution in [0.2, 0.25) is 23.3 Å². The van der Waals surface area contributed by atoms with Gasteiger partial charge in [-0.1, -0.05) is 135 Å². The molecule has 3 aliphatic heterocycles. The van der Waals surface area contributed by atoms with Crippen LogP contribution in [0.1, 0.15) is 191 Å². The van der Waals surface area contributed by atoms with Gasteiger partial charge in [0.25, 0.3) is 0 Å². The van der Waals surface area contributed by atoms with E-state index in [0.717, 1.165) is 96.9 Å². The zero-order valence-electron chi connectivity index (χ0n) is 54.6. The quantitative estimate of drug-likeness (QED) is 0.0554. The van der Waals surface area contributed by atoms with Crippen molar-refractivity contribution in [2.24, 2.45) is 0 Å². The molecule has 1 N–H and O–H groups in total. The van der Waals surface area contributed by atoms with E-state index in [0.29, 0.717) is 23.1 Å². The molecule has 0 amide bonds. The van der Waals surface area contributed by atoms with E-state index >= 15 is 0 Å². The first-order chi connectivity index (χ1) is 41.9. The van der Waals surface area contributed by atoms with Crippen LogP contribution >= 0.6 is 57.8 Å². The Bertz CT molecular complexity index is 3630. The van der Waals surface area contributed by atoms with Crippen LogP contribution in [0.25, 0.3) is 23.4 Å². The monoisotopic (exact) mass is 1310 g/mol. The number of allylic oxidation sites excluding steroid dienone is 4. The fourth-order valence-electron chi connectivity index (χ4n) is 10.6. The lowest BCUT2D eigenvalue weighted by molar-refractivity contribution is 0.00578. The number of halogens is 1. The van der Waals surface area contributed by atoms with Crippen molar-refractivity contribution >= 4 is 102 Å². The summed E-state index contributed by atoms with van der Waals surface area (Å²) in [5.74, 6) is 4.44. The molecular weight excluding hydrogens is 1220 g/mol. The van der Waals surface area contributed by atoms with Gasteiger partial charge in [0, 0.05) is 95.5 Å².